The van der Waals surface area contributed by atoms with Gasteiger partial charge in [0.25, 0.3) is 0 Å². The molecule has 0 bridgehead atoms. The lowest BCUT2D eigenvalue weighted by Crippen LogP contribution is -2.29. The molecule has 136 valence electrons. The van der Waals surface area contributed by atoms with Gasteiger partial charge in [-0.05, 0) is 32.9 Å². The molecule has 6 nitrogen and oxygen atoms in total. The van der Waals surface area contributed by atoms with Crippen molar-refractivity contribution >= 4 is 39.0 Å². The highest BCUT2D eigenvalue weighted by molar-refractivity contribution is 7.91. The standard InChI is InChI=1S/C15H21Cl2NO5S/c1-15(2,3)23-13(19)9-22-8-7-18-10-24(20,21)12-6-4-5-11(16)14(12)17/h4-6,18H,7-10H2,1-3H3. The lowest BCUT2D eigenvalue weighted by Gasteiger charge is -2.19. The molecule has 0 aliphatic carbocycles. The zero-order chi connectivity index (χ0) is 18.4. The summed E-state index contributed by atoms with van der Waals surface area (Å²) in [6.07, 6.45) is 0. The van der Waals surface area contributed by atoms with Crippen molar-refractivity contribution in [1.29, 1.82) is 0 Å². The van der Waals surface area contributed by atoms with E-state index in [0.29, 0.717) is 0 Å². The molecule has 0 aliphatic rings. The molecule has 0 saturated carbocycles. The first kappa shape index (κ1) is 21.2. The maximum Gasteiger partial charge on any atom is 0.332 e. The lowest BCUT2D eigenvalue weighted by atomic mass is 10.2. The molecular formula is C15H21Cl2NO5S. The van der Waals surface area contributed by atoms with Crippen molar-refractivity contribution in [3.63, 3.8) is 0 Å². The van der Waals surface area contributed by atoms with Gasteiger partial charge in [0.2, 0.25) is 0 Å². The van der Waals surface area contributed by atoms with Crippen molar-refractivity contribution in [3.8, 4) is 0 Å². The van der Waals surface area contributed by atoms with Gasteiger partial charge in [0.1, 0.15) is 18.1 Å². The fourth-order valence-corrected chi connectivity index (χ4v) is 3.63. The SMILES string of the molecule is CC(C)(C)OC(=O)COCCNCS(=O)(=O)c1cccc(Cl)c1Cl. The number of carbonyl (C=O) groups is 1. The highest BCUT2D eigenvalue weighted by Crippen LogP contribution is 2.29. The molecule has 1 aromatic carbocycles. The van der Waals surface area contributed by atoms with E-state index in [1.165, 1.54) is 18.2 Å². The fourth-order valence-electron chi connectivity index (χ4n) is 1.68. The molecule has 0 radical (unpaired) electrons. The van der Waals surface area contributed by atoms with Crippen molar-refractivity contribution in [3.05, 3.63) is 28.2 Å². The summed E-state index contributed by atoms with van der Waals surface area (Å²) in [5.41, 5.74) is -0.566. The monoisotopic (exact) mass is 397 g/mol. The second-order valence-corrected chi connectivity index (χ2v) is 8.69. The molecule has 1 aromatic rings. The molecular weight excluding hydrogens is 377 g/mol. The van der Waals surface area contributed by atoms with E-state index in [2.05, 4.69) is 5.32 Å². The van der Waals surface area contributed by atoms with Gasteiger partial charge in [-0.3, -0.25) is 0 Å². The van der Waals surface area contributed by atoms with Crippen LogP contribution in [0, 0.1) is 0 Å². The van der Waals surface area contributed by atoms with E-state index >= 15 is 0 Å². The summed E-state index contributed by atoms with van der Waals surface area (Å²) >= 11 is 11.7. The average molecular weight is 398 g/mol. The predicted octanol–water partition coefficient (Wildman–Crippen LogP) is 2.67. The molecule has 0 saturated heterocycles. The second-order valence-electron chi connectivity index (χ2n) is 5.95. The normalized spacial score (nSPS) is 12.2. The van der Waals surface area contributed by atoms with Crippen molar-refractivity contribution in [2.45, 2.75) is 31.3 Å². The highest BCUT2D eigenvalue weighted by Gasteiger charge is 2.19. The van der Waals surface area contributed by atoms with E-state index in [4.69, 9.17) is 32.7 Å². The molecule has 0 fully saturated rings. The Labute approximate surface area is 152 Å². The van der Waals surface area contributed by atoms with Crippen LogP contribution in [0.4, 0.5) is 0 Å². The van der Waals surface area contributed by atoms with Gasteiger partial charge in [-0.2, -0.15) is 0 Å². The summed E-state index contributed by atoms with van der Waals surface area (Å²) in [7, 11) is -3.62. The summed E-state index contributed by atoms with van der Waals surface area (Å²) in [6.45, 7) is 5.51. The minimum absolute atomic E-state index is 0.00198. The van der Waals surface area contributed by atoms with Crippen LogP contribution in [0.2, 0.25) is 10.0 Å². The largest absolute Gasteiger partial charge is 0.458 e. The first-order valence-electron chi connectivity index (χ1n) is 7.20. The van der Waals surface area contributed by atoms with E-state index in [1.807, 2.05) is 0 Å². The fraction of sp³-hybridized carbons (Fsp3) is 0.533. The van der Waals surface area contributed by atoms with Gasteiger partial charge in [-0.1, -0.05) is 29.3 Å². The third-order valence-corrected chi connectivity index (χ3v) is 5.13. The third-order valence-electron chi connectivity index (χ3n) is 2.61. The number of nitrogens with one attached hydrogen (secondary N) is 1. The molecule has 1 N–H and O–H groups in total. The topological polar surface area (TPSA) is 81.7 Å². The van der Waals surface area contributed by atoms with Crippen molar-refractivity contribution in [1.82, 2.24) is 5.32 Å². The van der Waals surface area contributed by atoms with Crippen LogP contribution >= 0.6 is 23.2 Å². The summed E-state index contributed by atoms with van der Waals surface area (Å²) in [5, 5.41) is 2.91. The molecule has 0 spiro atoms. The molecule has 0 aliphatic heterocycles. The number of halogens is 2. The number of esters is 1. The van der Waals surface area contributed by atoms with E-state index in [9.17, 15) is 13.2 Å². The Bertz CT molecular complexity index is 671. The van der Waals surface area contributed by atoms with Gasteiger partial charge in [0, 0.05) is 6.54 Å². The molecule has 0 unspecified atom stereocenters. The zero-order valence-corrected chi connectivity index (χ0v) is 16.1. The maximum atomic E-state index is 12.2. The molecule has 0 aromatic heterocycles. The second kappa shape index (κ2) is 9.01. The molecule has 1 rings (SSSR count). The number of sulfone groups is 1. The van der Waals surface area contributed by atoms with Gasteiger partial charge in [-0.25, -0.2) is 13.2 Å². The predicted molar refractivity (Wildman–Crippen MR) is 93.2 cm³/mol. The number of rotatable bonds is 8. The Morgan fingerprint density at radius 3 is 2.54 bits per heavy atom. The van der Waals surface area contributed by atoms with Crippen LogP contribution in [0.1, 0.15) is 20.8 Å². The number of carbonyl (C=O) groups excluding carboxylic acids is 1. The van der Waals surface area contributed by atoms with Crippen LogP contribution in [-0.4, -0.2) is 45.6 Å². The van der Waals surface area contributed by atoms with Gasteiger partial charge < -0.3 is 14.8 Å². The first-order valence-corrected chi connectivity index (χ1v) is 9.61. The molecule has 24 heavy (non-hydrogen) atoms. The Kier molecular flexibility index (Phi) is 7.95. The van der Waals surface area contributed by atoms with Gasteiger partial charge >= 0.3 is 5.97 Å². The number of benzene rings is 1. The Hall–Kier alpha value is -0.860. The summed E-state index contributed by atoms with van der Waals surface area (Å²) in [6, 6.07) is 4.43. The Morgan fingerprint density at radius 1 is 1.25 bits per heavy atom. The summed E-state index contributed by atoms with van der Waals surface area (Å²) < 4.78 is 34.6. The van der Waals surface area contributed by atoms with E-state index in [-0.39, 0.29) is 40.6 Å². The highest BCUT2D eigenvalue weighted by atomic mass is 35.5. The van der Waals surface area contributed by atoms with Crippen LogP contribution in [0.25, 0.3) is 0 Å². The van der Waals surface area contributed by atoms with Gasteiger partial charge in [0.05, 0.1) is 21.5 Å². The molecule has 0 amide bonds. The van der Waals surface area contributed by atoms with Crippen LogP contribution in [-0.2, 0) is 24.1 Å². The average Bonchev–Trinajstić information content (AvgIpc) is 2.43. The quantitative estimate of drug-likeness (QED) is 0.536. The lowest BCUT2D eigenvalue weighted by molar-refractivity contribution is -0.160. The van der Waals surface area contributed by atoms with Crippen LogP contribution in [0.3, 0.4) is 0 Å². The van der Waals surface area contributed by atoms with E-state index in [0.717, 1.165) is 0 Å². The van der Waals surface area contributed by atoms with Crippen molar-refractivity contribution in [2.24, 2.45) is 0 Å². The maximum absolute atomic E-state index is 12.2. The van der Waals surface area contributed by atoms with Crippen LogP contribution in [0.15, 0.2) is 23.1 Å². The van der Waals surface area contributed by atoms with Gasteiger partial charge in [-0.15, -0.1) is 0 Å². The smallest absolute Gasteiger partial charge is 0.332 e. The minimum atomic E-state index is -3.62. The minimum Gasteiger partial charge on any atom is -0.458 e. The van der Waals surface area contributed by atoms with Crippen molar-refractivity contribution in [2.75, 3.05) is 25.6 Å². The first-order chi connectivity index (χ1) is 11.0. The van der Waals surface area contributed by atoms with Crippen LogP contribution < -0.4 is 5.32 Å². The van der Waals surface area contributed by atoms with Gasteiger partial charge in [0.15, 0.2) is 9.84 Å². The number of ether oxygens (including phenoxy) is 2. The molecule has 0 atom stereocenters. The van der Waals surface area contributed by atoms with E-state index < -0.39 is 21.4 Å². The zero-order valence-electron chi connectivity index (χ0n) is 13.8. The Morgan fingerprint density at radius 2 is 1.92 bits per heavy atom. The van der Waals surface area contributed by atoms with Crippen LogP contribution in [0.5, 0.6) is 0 Å². The summed E-state index contributed by atoms with van der Waals surface area (Å²) in [5.74, 6) is -0.788. The Balaban J connectivity index is 2.35. The number of hydrogen-bond donors (Lipinski definition) is 1. The number of hydrogen-bond acceptors (Lipinski definition) is 6. The molecule has 9 heteroatoms. The van der Waals surface area contributed by atoms with E-state index in [1.54, 1.807) is 20.8 Å². The van der Waals surface area contributed by atoms with Crippen molar-refractivity contribution < 1.29 is 22.7 Å². The molecule has 0 heterocycles. The summed E-state index contributed by atoms with van der Waals surface area (Å²) in [4.78, 5) is 11.4. The third kappa shape index (κ3) is 7.36.